The molecule has 2 N–H and O–H groups in total. The standard InChI is InChI=1S/C13H9ClF3N3O/c1-18-11-3-6(2-10(14)20-11)13(21)19-7-4-8(15)12(17)9(16)5-7/h2-5H,1H3,(H,18,20)(H,19,21). The third-order valence-electron chi connectivity index (χ3n) is 2.55. The molecule has 0 radical (unpaired) electrons. The van der Waals surface area contributed by atoms with Gasteiger partial charge >= 0.3 is 0 Å². The summed E-state index contributed by atoms with van der Waals surface area (Å²) in [6.07, 6.45) is 0. The lowest BCUT2D eigenvalue weighted by atomic mass is 10.2. The highest BCUT2D eigenvalue weighted by Gasteiger charge is 2.14. The van der Waals surface area contributed by atoms with Crippen LogP contribution in [-0.4, -0.2) is 17.9 Å². The van der Waals surface area contributed by atoms with E-state index in [-0.39, 0.29) is 16.4 Å². The second-order valence-electron chi connectivity index (χ2n) is 4.02. The van der Waals surface area contributed by atoms with Crippen LogP contribution < -0.4 is 10.6 Å². The number of pyridine rings is 1. The van der Waals surface area contributed by atoms with Gasteiger partial charge in [0.1, 0.15) is 11.0 Å². The third-order valence-corrected chi connectivity index (χ3v) is 2.75. The molecule has 2 aromatic rings. The van der Waals surface area contributed by atoms with E-state index in [9.17, 15) is 18.0 Å². The lowest BCUT2D eigenvalue weighted by molar-refractivity contribution is 0.102. The predicted molar refractivity (Wildman–Crippen MR) is 73.1 cm³/mol. The second-order valence-corrected chi connectivity index (χ2v) is 4.41. The lowest BCUT2D eigenvalue weighted by Gasteiger charge is -2.08. The van der Waals surface area contributed by atoms with Crippen molar-refractivity contribution in [3.63, 3.8) is 0 Å². The SMILES string of the molecule is CNc1cc(C(=O)Nc2cc(F)c(F)c(F)c2)cc(Cl)n1. The van der Waals surface area contributed by atoms with Crippen molar-refractivity contribution in [1.29, 1.82) is 0 Å². The van der Waals surface area contributed by atoms with Gasteiger partial charge in [-0.05, 0) is 12.1 Å². The molecule has 1 heterocycles. The highest BCUT2D eigenvalue weighted by atomic mass is 35.5. The van der Waals surface area contributed by atoms with Gasteiger partial charge < -0.3 is 10.6 Å². The van der Waals surface area contributed by atoms with Crippen molar-refractivity contribution in [2.24, 2.45) is 0 Å². The molecule has 0 aliphatic heterocycles. The summed E-state index contributed by atoms with van der Waals surface area (Å²) < 4.78 is 39.0. The molecule has 0 spiro atoms. The molecule has 0 bridgehead atoms. The van der Waals surface area contributed by atoms with Gasteiger partial charge in [0, 0.05) is 30.4 Å². The Bertz CT molecular complexity index is 686. The minimum Gasteiger partial charge on any atom is -0.373 e. The molecular formula is C13H9ClF3N3O. The van der Waals surface area contributed by atoms with Gasteiger partial charge in [0.15, 0.2) is 17.5 Å². The molecule has 0 aliphatic rings. The Morgan fingerprint density at radius 2 is 1.76 bits per heavy atom. The first kappa shape index (κ1) is 15.1. The van der Waals surface area contributed by atoms with Crippen molar-refractivity contribution < 1.29 is 18.0 Å². The largest absolute Gasteiger partial charge is 0.373 e. The fraction of sp³-hybridized carbons (Fsp3) is 0.0769. The van der Waals surface area contributed by atoms with Crippen LogP contribution in [0.3, 0.4) is 0 Å². The number of carbonyl (C=O) groups is 1. The quantitative estimate of drug-likeness (QED) is 0.674. The van der Waals surface area contributed by atoms with Crippen LogP contribution in [0, 0.1) is 17.5 Å². The highest BCUT2D eigenvalue weighted by molar-refractivity contribution is 6.30. The van der Waals surface area contributed by atoms with Gasteiger partial charge in [0.2, 0.25) is 0 Å². The van der Waals surface area contributed by atoms with E-state index in [0.717, 1.165) is 0 Å². The van der Waals surface area contributed by atoms with E-state index in [4.69, 9.17) is 11.6 Å². The zero-order valence-corrected chi connectivity index (χ0v) is 11.4. The summed E-state index contributed by atoms with van der Waals surface area (Å²) in [7, 11) is 1.59. The van der Waals surface area contributed by atoms with Crippen LogP contribution in [0.25, 0.3) is 0 Å². The Labute approximate surface area is 122 Å². The van der Waals surface area contributed by atoms with E-state index in [0.29, 0.717) is 18.0 Å². The van der Waals surface area contributed by atoms with Gasteiger partial charge in [-0.3, -0.25) is 4.79 Å². The monoisotopic (exact) mass is 315 g/mol. The van der Waals surface area contributed by atoms with Crippen LogP contribution in [0.4, 0.5) is 24.7 Å². The summed E-state index contributed by atoms with van der Waals surface area (Å²) in [4.78, 5) is 15.9. The molecule has 8 heteroatoms. The molecule has 0 fully saturated rings. The number of aromatic nitrogens is 1. The Kier molecular flexibility index (Phi) is 4.32. The fourth-order valence-electron chi connectivity index (χ4n) is 1.59. The van der Waals surface area contributed by atoms with Crippen molar-refractivity contribution in [2.75, 3.05) is 17.7 Å². The Hall–Kier alpha value is -2.28. The number of carbonyl (C=O) groups excluding carboxylic acids is 1. The van der Waals surface area contributed by atoms with E-state index in [1.165, 1.54) is 12.1 Å². The predicted octanol–water partition coefficient (Wildman–Crippen LogP) is 3.45. The number of nitrogens with one attached hydrogen (secondary N) is 2. The van der Waals surface area contributed by atoms with E-state index in [1.807, 2.05) is 0 Å². The molecule has 1 amide bonds. The van der Waals surface area contributed by atoms with Crippen molar-refractivity contribution >= 4 is 29.0 Å². The summed E-state index contributed by atoms with van der Waals surface area (Å²) in [5, 5.41) is 5.03. The fourth-order valence-corrected chi connectivity index (χ4v) is 1.80. The number of nitrogens with zero attached hydrogens (tertiary/aromatic N) is 1. The van der Waals surface area contributed by atoms with Gasteiger partial charge in [-0.15, -0.1) is 0 Å². The molecule has 0 atom stereocenters. The summed E-state index contributed by atoms with van der Waals surface area (Å²) >= 11 is 5.75. The number of halogens is 4. The molecule has 0 saturated carbocycles. The first-order valence-corrected chi connectivity index (χ1v) is 6.09. The lowest BCUT2D eigenvalue weighted by Crippen LogP contribution is -2.13. The molecule has 0 unspecified atom stereocenters. The molecule has 0 aliphatic carbocycles. The first-order valence-electron chi connectivity index (χ1n) is 5.72. The van der Waals surface area contributed by atoms with E-state index >= 15 is 0 Å². The normalized spacial score (nSPS) is 10.3. The zero-order valence-electron chi connectivity index (χ0n) is 10.7. The van der Waals surface area contributed by atoms with Gasteiger partial charge in [-0.2, -0.15) is 0 Å². The smallest absolute Gasteiger partial charge is 0.255 e. The number of anilines is 2. The summed E-state index contributed by atoms with van der Waals surface area (Å²) in [5.74, 6) is -4.70. The van der Waals surface area contributed by atoms with Crippen LogP contribution >= 0.6 is 11.6 Å². The molecule has 2 rings (SSSR count). The summed E-state index contributed by atoms with van der Waals surface area (Å²) in [5.41, 5.74) is -0.0835. The number of rotatable bonds is 3. The van der Waals surface area contributed by atoms with Crippen molar-refractivity contribution in [1.82, 2.24) is 4.98 Å². The van der Waals surface area contributed by atoms with Gasteiger partial charge in [0.25, 0.3) is 5.91 Å². The van der Waals surface area contributed by atoms with Gasteiger partial charge in [-0.25, -0.2) is 18.2 Å². The topological polar surface area (TPSA) is 54.0 Å². The Morgan fingerprint density at radius 1 is 1.14 bits per heavy atom. The number of hydrogen-bond acceptors (Lipinski definition) is 3. The maximum Gasteiger partial charge on any atom is 0.255 e. The number of hydrogen-bond donors (Lipinski definition) is 2. The minimum absolute atomic E-state index is 0.0727. The van der Waals surface area contributed by atoms with Gasteiger partial charge in [0.05, 0.1) is 0 Å². The molecule has 1 aromatic carbocycles. The summed E-state index contributed by atoms with van der Waals surface area (Å²) in [6, 6.07) is 4.04. The van der Waals surface area contributed by atoms with E-state index in [2.05, 4.69) is 15.6 Å². The molecule has 21 heavy (non-hydrogen) atoms. The van der Waals surface area contributed by atoms with Crippen LogP contribution in [-0.2, 0) is 0 Å². The van der Waals surface area contributed by atoms with Crippen LogP contribution in [0.15, 0.2) is 24.3 Å². The maximum atomic E-state index is 13.1. The van der Waals surface area contributed by atoms with Crippen LogP contribution in [0.2, 0.25) is 5.15 Å². The first-order chi connectivity index (χ1) is 9.90. The van der Waals surface area contributed by atoms with Crippen molar-refractivity contribution in [3.8, 4) is 0 Å². The van der Waals surface area contributed by atoms with E-state index in [1.54, 1.807) is 7.05 Å². The Balaban J connectivity index is 2.28. The van der Waals surface area contributed by atoms with Crippen LogP contribution in [0.1, 0.15) is 10.4 Å². The van der Waals surface area contributed by atoms with Gasteiger partial charge in [-0.1, -0.05) is 11.6 Å². The molecule has 4 nitrogen and oxygen atoms in total. The molecule has 1 aromatic heterocycles. The second kappa shape index (κ2) is 6.01. The maximum absolute atomic E-state index is 13.1. The number of benzene rings is 1. The molecule has 110 valence electrons. The van der Waals surface area contributed by atoms with Crippen molar-refractivity contribution in [2.45, 2.75) is 0 Å². The van der Waals surface area contributed by atoms with Crippen LogP contribution in [0.5, 0.6) is 0 Å². The minimum atomic E-state index is -1.60. The average Bonchev–Trinajstić information content (AvgIpc) is 2.43. The Morgan fingerprint density at radius 3 is 2.33 bits per heavy atom. The van der Waals surface area contributed by atoms with Crippen molar-refractivity contribution in [3.05, 3.63) is 52.4 Å². The average molecular weight is 316 g/mol. The zero-order chi connectivity index (χ0) is 15.6. The van der Waals surface area contributed by atoms with E-state index < -0.39 is 23.4 Å². The summed E-state index contributed by atoms with van der Waals surface area (Å²) in [6.45, 7) is 0. The highest BCUT2D eigenvalue weighted by Crippen LogP contribution is 2.19. The molecular weight excluding hydrogens is 307 g/mol. The number of amides is 1. The third kappa shape index (κ3) is 3.43. The molecule has 0 saturated heterocycles.